The molecule has 0 amide bonds. The summed E-state index contributed by atoms with van der Waals surface area (Å²) in [6.07, 6.45) is 26.4. The summed E-state index contributed by atoms with van der Waals surface area (Å²) in [6, 6.07) is 42.0. The molecule has 93 heavy (non-hydrogen) atoms. The third kappa shape index (κ3) is 12.5. The Morgan fingerprint density at radius 3 is 1.08 bits per heavy atom. The van der Waals surface area contributed by atoms with Crippen LogP contribution in [0.3, 0.4) is 0 Å². The largest absolute Gasteiger partial charge is 0.213 e. The lowest BCUT2D eigenvalue weighted by atomic mass is 9.71. The van der Waals surface area contributed by atoms with Crippen LogP contribution in [0.15, 0.2) is 128 Å². The first-order valence-electron chi connectivity index (χ1n) is 35.9. The second kappa shape index (κ2) is 24.8. The van der Waals surface area contributed by atoms with Crippen LogP contribution in [0.2, 0.25) is 0 Å². The van der Waals surface area contributed by atoms with E-state index in [1.165, 1.54) is 228 Å². The van der Waals surface area contributed by atoms with Crippen LogP contribution < -0.4 is 13.7 Å². The average molecular weight is 1230 g/mol. The molecule has 480 valence electrons. The molecule has 3 saturated carbocycles. The van der Waals surface area contributed by atoms with Gasteiger partial charge in [0.05, 0.1) is 16.7 Å². The molecule has 3 heteroatoms. The number of aromatic nitrogens is 3. The molecule has 0 saturated heterocycles. The van der Waals surface area contributed by atoms with Crippen molar-refractivity contribution in [1.29, 1.82) is 0 Å². The Balaban J connectivity index is 0.000000127. The zero-order valence-electron chi connectivity index (χ0n) is 60.3. The minimum Gasteiger partial charge on any atom is -0.201 e. The quantitative estimate of drug-likeness (QED) is 0.147. The molecule has 3 aromatic heterocycles. The van der Waals surface area contributed by atoms with Crippen molar-refractivity contribution in [2.75, 3.05) is 0 Å². The van der Waals surface area contributed by atoms with Crippen LogP contribution in [-0.2, 0) is 40.4 Å². The summed E-state index contributed by atoms with van der Waals surface area (Å²) in [5.74, 6) is 2.13. The first-order valence-corrected chi connectivity index (χ1v) is 35.9. The molecule has 3 nitrogen and oxygen atoms in total. The molecule has 0 atom stereocenters. The molecule has 6 aliphatic rings. The first-order chi connectivity index (χ1) is 44.2. The van der Waals surface area contributed by atoms with Gasteiger partial charge in [-0.3, -0.25) is 0 Å². The van der Waals surface area contributed by atoms with Crippen LogP contribution in [0.4, 0.5) is 0 Å². The van der Waals surface area contributed by atoms with Gasteiger partial charge in [0.2, 0.25) is 17.1 Å². The number of nitrogens with zero attached hydrogens (tertiary/aromatic N) is 3. The summed E-state index contributed by atoms with van der Waals surface area (Å²) in [6.45, 7) is 35.0. The average Bonchev–Trinajstić information content (AvgIpc) is 1.66. The molecule has 0 bridgehead atoms. The number of rotatable bonds is 6. The highest BCUT2D eigenvalue weighted by molar-refractivity contribution is 5.88. The molecule has 0 unspecified atom stereocenters. The molecule has 0 radical (unpaired) electrons. The summed E-state index contributed by atoms with van der Waals surface area (Å²) < 4.78 is 7.21. The van der Waals surface area contributed by atoms with Crippen LogP contribution in [0.1, 0.15) is 236 Å². The molecule has 3 heterocycles. The van der Waals surface area contributed by atoms with Crippen molar-refractivity contribution in [3.63, 3.8) is 0 Å². The number of hydrogen-bond acceptors (Lipinski definition) is 0. The topological polar surface area (TPSA) is 11.6 Å². The van der Waals surface area contributed by atoms with Crippen molar-refractivity contribution in [3.8, 4) is 67.2 Å². The second-order valence-corrected chi connectivity index (χ2v) is 32.8. The highest BCUT2D eigenvalue weighted by atomic mass is 14.9. The van der Waals surface area contributed by atoms with Crippen molar-refractivity contribution in [2.45, 2.75) is 218 Å². The van der Waals surface area contributed by atoms with Crippen LogP contribution in [0, 0.1) is 78.6 Å². The van der Waals surface area contributed by atoms with Gasteiger partial charge in [-0.2, -0.15) is 0 Å². The molecule has 9 aromatic rings. The number of aryl methyl sites for hydroxylation is 12. The van der Waals surface area contributed by atoms with E-state index in [0.29, 0.717) is 34.0 Å². The maximum atomic E-state index is 2.47. The minimum atomic E-state index is 0.515. The lowest BCUT2D eigenvalue weighted by molar-refractivity contribution is -0.661. The zero-order valence-corrected chi connectivity index (χ0v) is 60.3. The lowest BCUT2D eigenvalue weighted by Gasteiger charge is -2.34. The van der Waals surface area contributed by atoms with Crippen molar-refractivity contribution in [2.24, 2.45) is 37.4 Å². The number of pyridine rings is 3. The molecule has 0 aliphatic heterocycles. The van der Waals surface area contributed by atoms with Crippen LogP contribution in [-0.4, -0.2) is 0 Å². The van der Waals surface area contributed by atoms with Gasteiger partial charge in [-0.15, -0.1) is 0 Å². The summed E-state index contributed by atoms with van der Waals surface area (Å²) in [4.78, 5) is 0. The SMILES string of the molecule is Cc1cc(-c2c(C)ccc3c2Cc2c(C)cccc2-3)[n+](C)cc1C1CCC(C)(C)CC1.Cc1ccc2c(c1)-c1ccc(C)c(-c3cc(C)c(C4CCC(C)(C)CC4)c[n+]3C)c1C2.Cc1ccc2c(c1)Cc1c-2ccc(C)c1-c1cc(C)c(C2CCC(C)(C)CC2)c[n+]1C. The van der Waals surface area contributed by atoms with Crippen LogP contribution >= 0.6 is 0 Å². The molecule has 6 aliphatic carbocycles. The lowest BCUT2D eigenvalue weighted by Crippen LogP contribution is -2.33. The maximum Gasteiger partial charge on any atom is 0.213 e. The maximum absolute atomic E-state index is 2.47. The smallest absolute Gasteiger partial charge is 0.201 e. The first kappa shape index (κ1) is 64.5. The summed E-state index contributed by atoms with van der Waals surface area (Å²) in [5.41, 5.74) is 44.8. The third-order valence-electron chi connectivity index (χ3n) is 24.1. The molecule has 15 rings (SSSR count). The van der Waals surface area contributed by atoms with Gasteiger partial charge in [-0.25, -0.2) is 13.7 Å². The fraction of sp³-hybridized carbons (Fsp3) is 0.433. The van der Waals surface area contributed by atoms with Gasteiger partial charge in [-0.1, -0.05) is 144 Å². The fourth-order valence-electron chi connectivity index (χ4n) is 18.1. The van der Waals surface area contributed by atoms with E-state index in [2.05, 4.69) is 266 Å². The van der Waals surface area contributed by atoms with Gasteiger partial charge in [-0.05, 0) is 298 Å². The van der Waals surface area contributed by atoms with Crippen LogP contribution in [0.25, 0.3) is 67.2 Å². The van der Waals surface area contributed by atoms with Crippen LogP contribution in [0.5, 0.6) is 0 Å². The van der Waals surface area contributed by atoms with Gasteiger partial charge in [0, 0.05) is 34.9 Å². The molecule has 6 aromatic carbocycles. The van der Waals surface area contributed by atoms with E-state index in [-0.39, 0.29) is 0 Å². The molecular formula is C90H108N3+3. The normalized spacial score (nSPS) is 17.5. The highest BCUT2D eigenvalue weighted by Gasteiger charge is 2.36. The van der Waals surface area contributed by atoms with E-state index in [4.69, 9.17) is 0 Å². The summed E-state index contributed by atoms with van der Waals surface area (Å²) in [5, 5.41) is 0. The third-order valence-corrected chi connectivity index (χ3v) is 24.1. The van der Waals surface area contributed by atoms with Gasteiger partial charge in [0.15, 0.2) is 18.6 Å². The van der Waals surface area contributed by atoms with Crippen molar-refractivity contribution >= 4 is 0 Å². The standard InChI is InChI=1S/3C30H36N/c1-19-7-9-24-23(15-19)17-26-25(24)10-8-20(2)29(26)28-16-21(3)27(18-31(28)6)22-11-13-30(4,5)14-12-22;1-19-7-9-23-17-26-24(25(23)15-19)10-8-20(2)29(26)28-16-21(3)27(18-31(28)6)22-11-13-30(4,5)14-12-22;1-19-8-7-9-23-24-11-10-20(2)29(26(24)17-25(19)23)28-16-21(3)27(18-31(28)6)22-12-14-30(4,5)15-13-22/h2*7-10,15-16,18,22H,11-14,17H2,1-6H3;7-11,16,18,22H,12-15,17H2,1-6H3/q3*+1. The zero-order chi connectivity index (χ0) is 65.7. The van der Waals surface area contributed by atoms with E-state index >= 15 is 0 Å². The Morgan fingerprint density at radius 1 is 0.301 bits per heavy atom. The number of hydrogen-bond donors (Lipinski definition) is 0. The Bertz CT molecular complexity index is 4400. The van der Waals surface area contributed by atoms with Gasteiger partial charge in [0.25, 0.3) is 0 Å². The Hall–Kier alpha value is -7.23. The Kier molecular flexibility index (Phi) is 17.2. The van der Waals surface area contributed by atoms with Crippen molar-refractivity contribution in [1.82, 2.24) is 0 Å². The van der Waals surface area contributed by atoms with Gasteiger partial charge in [0.1, 0.15) is 21.1 Å². The number of fused-ring (bicyclic) bond motifs is 9. The predicted octanol–water partition coefficient (Wildman–Crippen LogP) is 22.1. The fourth-order valence-corrected chi connectivity index (χ4v) is 18.1. The molecule has 0 N–H and O–H groups in total. The van der Waals surface area contributed by atoms with E-state index in [1.54, 1.807) is 16.7 Å². The van der Waals surface area contributed by atoms with E-state index in [9.17, 15) is 0 Å². The van der Waals surface area contributed by atoms with E-state index in [1.807, 2.05) is 0 Å². The molecular weight excluding hydrogens is 1120 g/mol. The van der Waals surface area contributed by atoms with Gasteiger partial charge >= 0.3 is 0 Å². The molecule has 0 spiro atoms. The highest BCUT2D eigenvalue weighted by Crippen LogP contribution is 2.50. The predicted molar refractivity (Wildman–Crippen MR) is 391 cm³/mol. The van der Waals surface area contributed by atoms with E-state index in [0.717, 1.165) is 19.3 Å². The van der Waals surface area contributed by atoms with Crippen molar-refractivity contribution in [3.05, 3.63) is 228 Å². The monoisotopic (exact) mass is 1230 g/mol. The van der Waals surface area contributed by atoms with Crippen molar-refractivity contribution < 1.29 is 13.7 Å². The van der Waals surface area contributed by atoms with Gasteiger partial charge < -0.3 is 0 Å². The molecule has 3 fully saturated rings. The minimum absolute atomic E-state index is 0.515. The second-order valence-electron chi connectivity index (χ2n) is 32.8. The summed E-state index contributed by atoms with van der Waals surface area (Å²) in [7, 11) is 6.74. The number of benzene rings is 6. The Labute approximate surface area is 560 Å². The van der Waals surface area contributed by atoms with E-state index < -0.39 is 0 Å². The summed E-state index contributed by atoms with van der Waals surface area (Å²) >= 11 is 0. The Morgan fingerprint density at radius 2 is 0.645 bits per heavy atom.